The smallest absolute Gasteiger partial charge is 0.408 e. The number of amides is 1. The largest absolute Gasteiger partial charge is 0.480 e. The van der Waals surface area contributed by atoms with Crippen molar-refractivity contribution in [3.63, 3.8) is 0 Å². The van der Waals surface area contributed by atoms with E-state index in [9.17, 15) is 23.1 Å². The molecule has 0 aliphatic rings. The van der Waals surface area contributed by atoms with Crippen LogP contribution in [-0.4, -0.2) is 41.2 Å². The third-order valence-electron chi connectivity index (χ3n) is 3.75. The summed E-state index contributed by atoms with van der Waals surface area (Å²) in [6, 6.07) is 6.65. The van der Waals surface area contributed by atoms with Gasteiger partial charge in [-0.1, -0.05) is 17.7 Å². The number of aromatic nitrogens is 1. The second kappa shape index (κ2) is 8.05. The van der Waals surface area contributed by atoms with Crippen LogP contribution in [0.2, 0.25) is 0 Å². The van der Waals surface area contributed by atoms with Gasteiger partial charge >= 0.3 is 12.1 Å². The number of carbonyl (C=O) groups is 2. The molecule has 0 aliphatic heterocycles. The number of rotatable bonds is 6. The van der Waals surface area contributed by atoms with E-state index in [2.05, 4.69) is 5.32 Å². The number of hydrogen-bond acceptors (Lipinski definition) is 5. The lowest BCUT2D eigenvalue weighted by molar-refractivity contribution is -0.139. The fourth-order valence-corrected chi connectivity index (χ4v) is 3.63. The topological polar surface area (TPSA) is 115 Å². The molecule has 9 heteroatoms. The number of nitrogens with zero attached hydrogens (tertiary/aromatic N) is 1. The standard InChI is InChI=1S/C19H24N2O6S/c1-13-5-7-15(8-6-13)28(25,26)21-10-9-14(12-21)11-16(17(22)23)20-18(24)27-19(2,3)4/h5-10,12,16H,11H2,1-4H3,(H,20,24)(H,22,23)/t16-/m0/s1. The average Bonchev–Trinajstić information content (AvgIpc) is 3.02. The molecule has 0 saturated heterocycles. The second-order valence-corrected chi connectivity index (χ2v) is 9.25. The molecule has 152 valence electrons. The summed E-state index contributed by atoms with van der Waals surface area (Å²) in [5.41, 5.74) is 0.613. The molecule has 2 rings (SSSR count). The molecule has 0 bridgehead atoms. The zero-order chi connectivity index (χ0) is 21.1. The Bertz CT molecular complexity index is 955. The van der Waals surface area contributed by atoms with Crippen LogP contribution in [0.3, 0.4) is 0 Å². The summed E-state index contributed by atoms with van der Waals surface area (Å²) in [6.07, 6.45) is 1.73. The minimum atomic E-state index is -3.78. The summed E-state index contributed by atoms with van der Waals surface area (Å²) >= 11 is 0. The molecular weight excluding hydrogens is 384 g/mol. The van der Waals surface area contributed by atoms with Crippen molar-refractivity contribution in [2.75, 3.05) is 0 Å². The third kappa shape index (κ3) is 5.59. The summed E-state index contributed by atoms with van der Waals surface area (Å²) in [5, 5.41) is 11.6. The SMILES string of the molecule is Cc1ccc(S(=O)(=O)n2ccc(C[C@H](NC(=O)OC(C)(C)C)C(=O)O)c2)cc1. The zero-order valence-electron chi connectivity index (χ0n) is 16.2. The van der Waals surface area contributed by atoms with Gasteiger partial charge in [0.1, 0.15) is 11.6 Å². The fourth-order valence-electron chi connectivity index (χ4n) is 2.41. The third-order valence-corrected chi connectivity index (χ3v) is 5.40. The number of aryl methyl sites for hydroxylation is 1. The number of ether oxygens (including phenoxy) is 1. The van der Waals surface area contributed by atoms with Gasteiger partial charge in [0, 0.05) is 18.8 Å². The van der Waals surface area contributed by atoms with Crippen molar-refractivity contribution in [1.29, 1.82) is 0 Å². The van der Waals surface area contributed by atoms with Gasteiger partial charge in [0.25, 0.3) is 10.0 Å². The number of carbonyl (C=O) groups excluding carboxylic acids is 1. The van der Waals surface area contributed by atoms with E-state index in [1.54, 1.807) is 32.9 Å². The van der Waals surface area contributed by atoms with Crippen molar-refractivity contribution in [3.05, 3.63) is 53.9 Å². The van der Waals surface area contributed by atoms with Crippen LogP contribution in [0.25, 0.3) is 0 Å². The van der Waals surface area contributed by atoms with E-state index in [1.807, 2.05) is 6.92 Å². The molecule has 28 heavy (non-hydrogen) atoms. The highest BCUT2D eigenvalue weighted by Crippen LogP contribution is 2.17. The Hall–Kier alpha value is -2.81. The lowest BCUT2D eigenvalue weighted by atomic mass is 10.1. The Kier molecular flexibility index (Phi) is 6.18. The van der Waals surface area contributed by atoms with Gasteiger partial charge in [0.15, 0.2) is 0 Å². The number of hydrogen-bond donors (Lipinski definition) is 2. The van der Waals surface area contributed by atoms with Gasteiger partial charge in [-0.2, -0.15) is 0 Å². The summed E-state index contributed by atoms with van der Waals surface area (Å²) in [5.74, 6) is -1.25. The summed E-state index contributed by atoms with van der Waals surface area (Å²) in [6.45, 7) is 6.85. The quantitative estimate of drug-likeness (QED) is 0.759. The molecule has 1 aromatic heterocycles. The van der Waals surface area contributed by atoms with Crippen LogP contribution < -0.4 is 5.32 Å². The summed E-state index contributed by atoms with van der Waals surface area (Å²) in [4.78, 5) is 23.4. The van der Waals surface area contributed by atoms with Gasteiger partial charge < -0.3 is 15.2 Å². The molecule has 8 nitrogen and oxygen atoms in total. The van der Waals surface area contributed by atoms with E-state index in [0.717, 1.165) is 9.54 Å². The highest BCUT2D eigenvalue weighted by molar-refractivity contribution is 7.90. The number of benzene rings is 1. The monoisotopic (exact) mass is 408 g/mol. The Labute approximate surface area is 164 Å². The first-order chi connectivity index (χ1) is 12.9. The first-order valence-electron chi connectivity index (χ1n) is 8.60. The van der Waals surface area contributed by atoms with Crippen molar-refractivity contribution in [1.82, 2.24) is 9.29 Å². The van der Waals surface area contributed by atoms with Crippen LogP contribution in [0, 0.1) is 6.92 Å². The Morgan fingerprint density at radius 2 is 1.79 bits per heavy atom. The molecule has 1 amide bonds. The first-order valence-corrected chi connectivity index (χ1v) is 10.0. The molecule has 2 aromatic rings. The van der Waals surface area contributed by atoms with Gasteiger partial charge in [0.2, 0.25) is 0 Å². The van der Waals surface area contributed by atoms with Crippen LogP contribution in [0.5, 0.6) is 0 Å². The van der Waals surface area contributed by atoms with Crippen molar-refractivity contribution >= 4 is 22.1 Å². The van der Waals surface area contributed by atoms with Gasteiger partial charge in [-0.25, -0.2) is 22.0 Å². The predicted octanol–water partition coefficient (Wildman–Crippen LogP) is 2.55. The van der Waals surface area contributed by atoms with Crippen LogP contribution in [0.1, 0.15) is 31.9 Å². The van der Waals surface area contributed by atoms with Gasteiger partial charge in [-0.3, -0.25) is 0 Å². The summed E-state index contributed by atoms with van der Waals surface area (Å²) in [7, 11) is -3.78. The summed E-state index contributed by atoms with van der Waals surface area (Å²) < 4.78 is 31.4. The molecule has 0 unspecified atom stereocenters. The van der Waals surface area contributed by atoms with Gasteiger partial charge in [-0.15, -0.1) is 0 Å². The van der Waals surface area contributed by atoms with Crippen molar-refractivity contribution in [2.24, 2.45) is 0 Å². The van der Waals surface area contributed by atoms with Crippen molar-refractivity contribution in [3.8, 4) is 0 Å². The lowest BCUT2D eigenvalue weighted by Gasteiger charge is -2.21. The number of carboxylic acids is 1. The van der Waals surface area contributed by atoms with Crippen LogP contribution in [-0.2, 0) is 26.0 Å². The van der Waals surface area contributed by atoms with E-state index in [1.165, 1.54) is 30.6 Å². The van der Waals surface area contributed by atoms with Crippen LogP contribution in [0.4, 0.5) is 4.79 Å². The highest BCUT2D eigenvalue weighted by Gasteiger charge is 2.25. The molecular formula is C19H24N2O6S. The Morgan fingerprint density at radius 1 is 1.18 bits per heavy atom. The number of aliphatic carboxylic acids is 1. The lowest BCUT2D eigenvalue weighted by Crippen LogP contribution is -2.44. The van der Waals surface area contributed by atoms with Crippen molar-refractivity contribution < 1.29 is 27.9 Å². The molecule has 1 atom stereocenters. The maximum atomic E-state index is 12.7. The van der Waals surface area contributed by atoms with Crippen LogP contribution >= 0.6 is 0 Å². The average molecular weight is 408 g/mol. The predicted molar refractivity (Wildman–Crippen MR) is 103 cm³/mol. The van der Waals surface area contributed by atoms with Crippen LogP contribution in [0.15, 0.2) is 47.6 Å². The molecule has 0 saturated carbocycles. The molecule has 2 N–H and O–H groups in total. The molecule has 0 spiro atoms. The van der Waals surface area contributed by atoms with E-state index in [4.69, 9.17) is 4.74 Å². The minimum Gasteiger partial charge on any atom is -0.480 e. The van der Waals surface area contributed by atoms with E-state index in [0.29, 0.717) is 5.56 Å². The molecule has 1 aromatic carbocycles. The maximum Gasteiger partial charge on any atom is 0.408 e. The first kappa shape index (κ1) is 21.5. The number of alkyl carbamates (subject to hydrolysis) is 1. The van der Waals surface area contributed by atoms with Gasteiger partial charge in [-0.05, 0) is 51.5 Å². The molecule has 0 fully saturated rings. The maximum absolute atomic E-state index is 12.7. The Balaban J connectivity index is 2.16. The van der Waals surface area contributed by atoms with E-state index < -0.39 is 33.7 Å². The second-order valence-electron chi connectivity index (χ2n) is 7.41. The fraction of sp³-hybridized carbons (Fsp3) is 0.368. The molecule has 0 radical (unpaired) electrons. The molecule has 1 heterocycles. The number of carboxylic acid groups (broad SMARTS) is 1. The van der Waals surface area contributed by atoms with E-state index in [-0.39, 0.29) is 11.3 Å². The Morgan fingerprint density at radius 3 is 2.32 bits per heavy atom. The van der Waals surface area contributed by atoms with E-state index >= 15 is 0 Å². The zero-order valence-corrected chi connectivity index (χ0v) is 17.0. The molecule has 0 aliphatic carbocycles. The van der Waals surface area contributed by atoms with Crippen molar-refractivity contribution in [2.45, 2.75) is 50.7 Å². The highest BCUT2D eigenvalue weighted by atomic mass is 32.2. The minimum absolute atomic E-state index is 0.0923. The van der Waals surface area contributed by atoms with Gasteiger partial charge in [0.05, 0.1) is 4.90 Å². The number of nitrogens with one attached hydrogen (secondary N) is 1. The normalized spacial score (nSPS) is 13.0.